The molecule has 2 rings (SSSR count). The van der Waals surface area contributed by atoms with Crippen LogP contribution < -0.4 is 9.46 Å². The van der Waals surface area contributed by atoms with Crippen molar-refractivity contribution >= 4 is 35.8 Å². The number of sulfonamides is 1. The van der Waals surface area contributed by atoms with Crippen LogP contribution in [0.2, 0.25) is 0 Å². The van der Waals surface area contributed by atoms with Crippen LogP contribution in [-0.4, -0.2) is 42.0 Å². The van der Waals surface area contributed by atoms with Crippen molar-refractivity contribution in [2.75, 3.05) is 25.2 Å². The molecule has 1 unspecified atom stereocenters. The topological polar surface area (TPSA) is 89.5 Å². The molecule has 0 radical (unpaired) electrons. The zero-order valence-electron chi connectivity index (χ0n) is 11.4. The van der Waals surface area contributed by atoms with Gasteiger partial charge in [0.15, 0.2) is 9.84 Å². The van der Waals surface area contributed by atoms with E-state index >= 15 is 0 Å². The van der Waals surface area contributed by atoms with Gasteiger partial charge in [-0.25, -0.2) is 21.6 Å². The van der Waals surface area contributed by atoms with Gasteiger partial charge in [-0.1, -0.05) is 15.9 Å². The van der Waals surface area contributed by atoms with Crippen LogP contribution in [0.15, 0.2) is 27.6 Å². The number of hydrogen-bond acceptors (Lipinski definition) is 5. The number of hydrogen-bond donors (Lipinski definition) is 1. The Kier molecular flexibility index (Phi) is 4.96. The van der Waals surface area contributed by atoms with E-state index in [4.69, 9.17) is 4.74 Å². The van der Waals surface area contributed by atoms with Crippen molar-refractivity contribution in [2.24, 2.45) is 5.92 Å². The first-order valence-corrected chi connectivity index (χ1v) is 10.4. The third-order valence-electron chi connectivity index (χ3n) is 3.30. The molecule has 6 nitrogen and oxygen atoms in total. The molecule has 0 bridgehead atoms. The Bertz CT molecular complexity index is 730. The molecule has 1 N–H and O–H groups in total. The normalized spacial score (nSPS) is 21.3. The monoisotopic (exact) mass is 397 g/mol. The summed E-state index contributed by atoms with van der Waals surface area (Å²) < 4.78 is 55.5. The maximum absolute atomic E-state index is 12.3. The first-order chi connectivity index (χ1) is 9.73. The van der Waals surface area contributed by atoms with E-state index < -0.39 is 19.9 Å². The predicted molar refractivity (Wildman–Crippen MR) is 82.6 cm³/mol. The number of rotatable bonds is 5. The number of ether oxygens (including phenoxy) is 1. The van der Waals surface area contributed by atoms with Crippen LogP contribution in [0.1, 0.15) is 6.42 Å². The molecule has 0 amide bonds. The minimum Gasteiger partial charge on any atom is -0.495 e. The fourth-order valence-electron chi connectivity index (χ4n) is 2.20. The van der Waals surface area contributed by atoms with Gasteiger partial charge in [0, 0.05) is 11.0 Å². The number of sulfone groups is 1. The summed E-state index contributed by atoms with van der Waals surface area (Å²) >= 11 is 3.22. The second kappa shape index (κ2) is 6.23. The lowest BCUT2D eigenvalue weighted by atomic mass is 10.1. The van der Waals surface area contributed by atoms with Gasteiger partial charge in [0.1, 0.15) is 10.6 Å². The average Bonchev–Trinajstić information content (AvgIpc) is 2.76. The summed E-state index contributed by atoms with van der Waals surface area (Å²) in [5, 5.41) is 0. The van der Waals surface area contributed by atoms with Crippen molar-refractivity contribution in [1.29, 1.82) is 0 Å². The van der Waals surface area contributed by atoms with Crippen molar-refractivity contribution in [3.8, 4) is 5.75 Å². The highest BCUT2D eigenvalue weighted by atomic mass is 79.9. The third-order valence-corrected chi connectivity index (χ3v) is 7.08. The number of benzene rings is 1. The molecule has 1 aliphatic heterocycles. The SMILES string of the molecule is COc1ccc(Br)cc1S(=O)(=O)NCC1CCS(=O)(=O)C1. The molecule has 9 heteroatoms. The molecular weight excluding hydrogens is 382 g/mol. The molecule has 0 spiro atoms. The van der Waals surface area contributed by atoms with E-state index in [1.165, 1.54) is 13.2 Å². The fourth-order valence-corrected chi connectivity index (χ4v) is 5.88. The molecule has 1 heterocycles. The van der Waals surface area contributed by atoms with E-state index in [0.29, 0.717) is 10.9 Å². The molecule has 21 heavy (non-hydrogen) atoms. The zero-order chi connectivity index (χ0) is 15.7. The maximum atomic E-state index is 12.3. The van der Waals surface area contributed by atoms with Gasteiger partial charge in [-0.3, -0.25) is 0 Å². The van der Waals surface area contributed by atoms with Gasteiger partial charge in [-0.05, 0) is 30.5 Å². The van der Waals surface area contributed by atoms with E-state index in [1.54, 1.807) is 12.1 Å². The molecular formula is C12H16BrNO5S2. The Morgan fingerprint density at radius 3 is 2.71 bits per heavy atom. The smallest absolute Gasteiger partial charge is 0.244 e. The van der Waals surface area contributed by atoms with E-state index in [9.17, 15) is 16.8 Å². The van der Waals surface area contributed by atoms with Crippen LogP contribution in [0.5, 0.6) is 5.75 Å². The lowest BCUT2D eigenvalue weighted by Crippen LogP contribution is -2.30. The predicted octanol–water partition coefficient (Wildman–Crippen LogP) is 1.17. The summed E-state index contributed by atoms with van der Waals surface area (Å²) in [4.78, 5) is 0.0280. The molecule has 1 aromatic rings. The molecule has 0 aromatic heterocycles. The minimum atomic E-state index is -3.75. The van der Waals surface area contributed by atoms with E-state index in [1.807, 2.05) is 0 Å². The largest absolute Gasteiger partial charge is 0.495 e. The van der Waals surface area contributed by atoms with Crippen LogP contribution in [0, 0.1) is 5.92 Å². The van der Waals surface area contributed by atoms with Crippen LogP contribution in [0.25, 0.3) is 0 Å². The lowest BCUT2D eigenvalue weighted by Gasteiger charge is -2.13. The maximum Gasteiger partial charge on any atom is 0.244 e. The van der Waals surface area contributed by atoms with Crippen LogP contribution >= 0.6 is 15.9 Å². The van der Waals surface area contributed by atoms with Crippen molar-refractivity contribution in [1.82, 2.24) is 4.72 Å². The number of nitrogens with one attached hydrogen (secondary N) is 1. The average molecular weight is 398 g/mol. The van der Waals surface area contributed by atoms with Crippen molar-refractivity contribution in [3.63, 3.8) is 0 Å². The standard InChI is InChI=1S/C12H16BrNO5S2/c1-19-11-3-2-10(13)6-12(11)21(17,18)14-7-9-4-5-20(15,16)8-9/h2-3,6,9,14H,4-5,7-8H2,1H3. The second-order valence-corrected chi connectivity index (χ2v) is 9.80. The Balaban J connectivity index is 2.14. The van der Waals surface area contributed by atoms with Crippen molar-refractivity contribution < 1.29 is 21.6 Å². The molecule has 1 aromatic carbocycles. The zero-order valence-corrected chi connectivity index (χ0v) is 14.6. The molecule has 0 aliphatic carbocycles. The quantitative estimate of drug-likeness (QED) is 0.805. The van der Waals surface area contributed by atoms with Gasteiger partial charge < -0.3 is 4.74 Å². The molecule has 0 saturated carbocycles. The highest BCUT2D eigenvalue weighted by Crippen LogP contribution is 2.27. The molecule has 1 fully saturated rings. The van der Waals surface area contributed by atoms with Gasteiger partial charge in [-0.15, -0.1) is 0 Å². The lowest BCUT2D eigenvalue weighted by molar-refractivity contribution is 0.402. The van der Waals surface area contributed by atoms with Gasteiger partial charge in [-0.2, -0.15) is 0 Å². The highest BCUT2D eigenvalue weighted by molar-refractivity contribution is 9.10. The van der Waals surface area contributed by atoms with E-state index in [2.05, 4.69) is 20.7 Å². The first-order valence-electron chi connectivity index (χ1n) is 6.27. The van der Waals surface area contributed by atoms with Crippen LogP contribution in [0.4, 0.5) is 0 Å². The first kappa shape index (κ1) is 16.7. The summed E-state index contributed by atoms with van der Waals surface area (Å²) in [5.41, 5.74) is 0. The molecule has 118 valence electrons. The van der Waals surface area contributed by atoms with Crippen molar-refractivity contribution in [3.05, 3.63) is 22.7 Å². The van der Waals surface area contributed by atoms with Gasteiger partial charge >= 0.3 is 0 Å². The van der Waals surface area contributed by atoms with Gasteiger partial charge in [0.25, 0.3) is 0 Å². The highest BCUT2D eigenvalue weighted by Gasteiger charge is 2.29. The van der Waals surface area contributed by atoms with E-state index in [-0.39, 0.29) is 34.6 Å². The summed E-state index contributed by atoms with van der Waals surface area (Å²) in [6.07, 6.45) is 0.487. The van der Waals surface area contributed by atoms with Gasteiger partial charge in [0.05, 0.1) is 18.6 Å². The Hall–Kier alpha value is -0.640. The molecule has 1 saturated heterocycles. The second-order valence-electron chi connectivity index (χ2n) is 4.92. The van der Waals surface area contributed by atoms with E-state index in [0.717, 1.165) is 0 Å². The molecule has 1 aliphatic rings. The Morgan fingerprint density at radius 2 is 2.14 bits per heavy atom. The fraction of sp³-hybridized carbons (Fsp3) is 0.500. The van der Waals surface area contributed by atoms with Gasteiger partial charge in [0.2, 0.25) is 10.0 Å². The summed E-state index contributed by atoms with van der Waals surface area (Å²) in [6.45, 7) is 0.108. The summed E-state index contributed by atoms with van der Waals surface area (Å²) in [7, 11) is -5.37. The Morgan fingerprint density at radius 1 is 1.43 bits per heavy atom. The van der Waals surface area contributed by atoms with Crippen LogP contribution in [0.3, 0.4) is 0 Å². The Labute approximate surface area is 133 Å². The number of methoxy groups -OCH3 is 1. The number of halogens is 1. The van der Waals surface area contributed by atoms with Crippen LogP contribution in [-0.2, 0) is 19.9 Å². The minimum absolute atomic E-state index is 0.0280. The summed E-state index contributed by atoms with van der Waals surface area (Å²) in [5.74, 6) is 0.220. The third kappa shape index (κ3) is 4.18. The van der Waals surface area contributed by atoms with Crippen molar-refractivity contribution in [2.45, 2.75) is 11.3 Å². The summed E-state index contributed by atoms with van der Waals surface area (Å²) in [6, 6.07) is 4.69. The molecule has 1 atom stereocenters.